The molecule has 0 fully saturated rings. The van der Waals surface area contributed by atoms with E-state index in [1.165, 1.54) is 0 Å². The first-order valence-corrected chi connectivity index (χ1v) is 10.9. The molecule has 0 saturated heterocycles. The predicted octanol–water partition coefficient (Wildman–Crippen LogP) is 5.31. The number of methoxy groups -OCH3 is 1. The maximum atomic E-state index is 12.9. The Morgan fingerprint density at radius 3 is 2.15 bits per heavy atom. The highest BCUT2D eigenvalue weighted by molar-refractivity contribution is 7.99. The van der Waals surface area contributed by atoms with Crippen LogP contribution in [0, 0.1) is 0 Å². The Morgan fingerprint density at radius 2 is 1.48 bits per heavy atom. The van der Waals surface area contributed by atoms with Crippen LogP contribution in [0.5, 0.6) is 5.75 Å². The van der Waals surface area contributed by atoms with Gasteiger partial charge >= 0.3 is 0 Å². The highest BCUT2D eigenvalue weighted by Gasteiger charge is 2.16. The number of nitrogens with zero attached hydrogens (tertiary/aromatic N) is 1. The Morgan fingerprint density at radius 1 is 0.848 bits per heavy atom. The number of ether oxygens (including phenoxy) is 1. The van der Waals surface area contributed by atoms with E-state index in [4.69, 9.17) is 10.5 Å². The number of pyridine rings is 1. The monoisotopic (exact) mass is 455 g/mol. The van der Waals surface area contributed by atoms with Crippen LogP contribution in [0.2, 0.25) is 0 Å². The van der Waals surface area contributed by atoms with Gasteiger partial charge in [0, 0.05) is 38.9 Å². The van der Waals surface area contributed by atoms with Crippen molar-refractivity contribution in [3.63, 3.8) is 0 Å². The van der Waals surface area contributed by atoms with Gasteiger partial charge in [-0.05, 0) is 72.8 Å². The summed E-state index contributed by atoms with van der Waals surface area (Å²) in [5.41, 5.74) is 8.14. The molecule has 0 aliphatic carbocycles. The van der Waals surface area contributed by atoms with Crippen molar-refractivity contribution in [2.24, 2.45) is 0 Å². The van der Waals surface area contributed by atoms with Crippen LogP contribution in [0.25, 0.3) is 0 Å². The van der Waals surface area contributed by atoms with Crippen molar-refractivity contribution in [3.8, 4) is 5.75 Å². The van der Waals surface area contributed by atoms with Crippen molar-refractivity contribution in [1.29, 1.82) is 0 Å². The molecule has 0 radical (unpaired) electrons. The van der Waals surface area contributed by atoms with Gasteiger partial charge in [0.05, 0.1) is 18.5 Å². The normalized spacial score (nSPS) is 10.5. The van der Waals surface area contributed by atoms with Gasteiger partial charge in [0.15, 0.2) is 5.78 Å². The second kappa shape index (κ2) is 10.0. The zero-order chi connectivity index (χ0) is 23.2. The summed E-state index contributed by atoms with van der Waals surface area (Å²) in [6, 6.07) is 22.9. The molecule has 4 rings (SSSR count). The zero-order valence-corrected chi connectivity index (χ0v) is 18.6. The maximum Gasteiger partial charge on any atom is 0.255 e. The minimum absolute atomic E-state index is 0.219. The largest absolute Gasteiger partial charge is 0.497 e. The van der Waals surface area contributed by atoms with Crippen LogP contribution in [-0.2, 0) is 0 Å². The van der Waals surface area contributed by atoms with Gasteiger partial charge in [-0.2, -0.15) is 0 Å². The number of ketones is 1. The first-order chi connectivity index (χ1) is 16.0. The summed E-state index contributed by atoms with van der Waals surface area (Å²) in [7, 11) is 1.56. The second-order valence-corrected chi connectivity index (χ2v) is 8.23. The van der Waals surface area contributed by atoms with E-state index in [1.807, 2.05) is 24.3 Å². The van der Waals surface area contributed by atoms with Gasteiger partial charge in [-0.15, -0.1) is 0 Å². The molecule has 33 heavy (non-hydrogen) atoms. The zero-order valence-electron chi connectivity index (χ0n) is 17.8. The van der Waals surface area contributed by atoms with E-state index in [0.717, 1.165) is 9.79 Å². The van der Waals surface area contributed by atoms with Gasteiger partial charge < -0.3 is 15.8 Å². The molecule has 3 aromatic carbocycles. The molecule has 6 nitrogen and oxygen atoms in total. The quantitative estimate of drug-likeness (QED) is 0.290. The van der Waals surface area contributed by atoms with E-state index in [1.54, 1.807) is 85.9 Å². The Labute approximate surface area is 195 Å². The molecule has 0 unspecified atom stereocenters. The average molecular weight is 456 g/mol. The predicted molar refractivity (Wildman–Crippen MR) is 130 cm³/mol. The molecule has 4 aromatic rings. The molecule has 0 aliphatic heterocycles. The summed E-state index contributed by atoms with van der Waals surface area (Å²) in [5, 5.41) is 2.81. The Bertz CT molecular complexity index is 1270. The summed E-state index contributed by atoms with van der Waals surface area (Å²) < 4.78 is 5.13. The fourth-order valence-corrected chi connectivity index (χ4v) is 3.98. The van der Waals surface area contributed by atoms with E-state index in [2.05, 4.69) is 10.3 Å². The lowest BCUT2D eigenvalue weighted by atomic mass is 10.0. The summed E-state index contributed by atoms with van der Waals surface area (Å²) in [4.78, 5) is 31.8. The van der Waals surface area contributed by atoms with Gasteiger partial charge in [-0.1, -0.05) is 17.8 Å². The number of hydrogen-bond acceptors (Lipinski definition) is 6. The van der Waals surface area contributed by atoms with Crippen molar-refractivity contribution in [1.82, 2.24) is 4.98 Å². The number of para-hydroxylation sites is 1. The van der Waals surface area contributed by atoms with Gasteiger partial charge in [0.25, 0.3) is 5.91 Å². The number of aromatic nitrogens is 1. The van der Waals surface area contributed by atoms with Crippen LogP contribution in [0.4, 0.5) is 11.4 Å². The molecule has 0 atom stereocenters. The lowest BCUT2D eigenvalue weighted by molar-refractivity contribution is 0.102. The lowest BCUT2D eigenvalue weighted by Crippen LogP contribution is -2.15. The minimum atomic E-state index is -0.309. The Balaban J connectivity index is 1.48. The number of nitrogen functional groups attached to an aromatic ring is 1. The van der Waals surface area contributed by atoms with Gasteiger partial charge in [-0.25, -0.2) is 0 Å². The molecular weight excluding hydrogens is 434 g/mol. The van der Waals surface area contributed by atoms with Crippen LogP contribution >= 0.6 is 11.8 Å². The molecule has 3 N–H and O–H groups in total. The minimum Gasteiger partial charge on any atom is -0.497 e. The van der Waals surface area contributed by atoms with E-state index in [9.17, 15) is 9.59 Å². The van der Waals surface area contributed by atoms with Gasteiger partial charge in [-0.3, -0.25) is 14.6 Å². The average Bonchev–Trinajstić information content (AvgIpc) is 2.86. The number of carbonyl (C=O) groups excluding carboxylic acids is 2. The SMILES string of the molecule is COc1ccc(C(=O)c2cccc(NC(=O)c3ccc(Sc4ccncc4)cc3)c2N)cc1. The molecule has 0 saturated carbocycles. The number of nitrogens with two attached hydrogens (primary N) is 1. The van der Waals surface area contributed by atoms with Crippen LogP contribution in [0.1, 0.15) is 26.3 Å². The summed E-state index contributed by atoms with van der Waals surface area (Å²) in [6.45, 7) is 0. The van der Waals surface area contributed by atoms with Crippen LogP contribution in [-0.4, -0.2) is 23.8 Å². The fourth-order valence-electron chi connectivity index (χ4n) is 3.18. The third-order valence-electron chi connectivity index (χ3n) is 4.95. The molecule has 7 heteroatoms. The molecule has 0 spiro atoms. The molecule has 0 bridgehead atoms. The van der Waals surface area contributed by atoms with E-state index in [0.29, 0.717) is 28.1 Å². The van der Waals surface area contributed by atoms with Crippen LogP contribution in [0.3, 0.4) is 0 Å². The first-order valence-electron chi connectivity index (χ1n) is 10.1. The van der Waals surface area contributed by atoms with Gasteiger partial charge in [0.1, 0.15) is 5.75 Å². The highest BCUT2D eigenvalue weighted by atomic mass is 32.2. The number of rotatable bonds is 7. The van der Waals surface area contributed by atoms with Crippen LogP contribution < -0.4 is 15.8 Å². The standard InChI is InChI=1S/C26H21N3O3S/c1-32-19-9-5-17(6-10-19)25(30)22-3-2-4-23(24(22)27)29-26(31)18-7-11-20(12-8-18)33-21-13-15-28-16-14-21/h2-16H,27H2,1H3,(H,29,31). The number of amides is 1. The number of hydrogen-bond donors (Lipinski definition) is 2. The van der Waals surface area contributed by atoms with Crippen molar-refractivity contribution in [3.05, 3.63) is 108 Å². The molecule has 1 amide bonds. The Kier molecular flexibility index (Phi) is 6.71. The smallest absolute Gasteiger partial charge is 0.255 e. The van der Waals surface area contributed by atoms with Gasteiger partial charge in [0.2, 0.25) is 0 Å². The fraction of sp³-hybridized carbons (Fsp3) is 0.0385. The van der Waals surface area contributed by atoms with E-state index < -0.39 is 0 Å². The molecule has 1 heterocycles. The molecule has 1 aromatic heterocycles. The van der Waals surface area contributed by atoms with E-state index >= 15 is 0 Å². The summed E-state index contributed by atoms with van der Waals surface area (Å²) in [5.74, 6) is 0.116. The van der Waals surface area contributed by atoms with Crippen molar-refractivity contribution in [2.75, 3.05) is 18.2 Å². The lowest BCUT2D eigenvalue weighted by Gasteiger charge is -2.12. The topological polar surface area (TPSA) is 94.3 Å². The number of benzene rings is 3. The van der Waals surface area contributed by atoms with Crippen molar-refractivity contribution in [2.45, 2.75) is 9.79 Å². The molecular formula is C26H21N3O3S. The summed E-state index contributed by atoms with van der Waals surface area (Å²) >= 11 is 1.58. The first kappa shape index (κ1) is 22.1. The number of anilines is 2. The second-order valence-electron chi connectivity index (χ2n) is 7.09. The maximum absolute atomic E-state index is 12.9. The van der Waals surface area contributed by atoms with Crippen molar-refractivity contribution < 1.29 is 14.3 Å². The molecule has 164 valence electrons. The van der Waals surface area contributed by atoms with Crippen molar-refractivity contribution >= 4 is 34.8 Å². The molecule has 0 aliphatic rings. The third kappa shape index (κ3) is 5.22. The highest BCUT2D eigenvalue weighted by Crippen LogP contribution is 2.28. The number of carbonyl (C=O) groups is 2. The Hall–Kier alpha value is -4.10. The van der Waals surface area contributed by atoms with Crippen LogP contribution in [0.15, 0.2) is 101 Å². The third-order valence-corrected chi connectivity index (χ3v) is 5.97. The summed E-state index contributed by atoms with van der Waals surface area (Å²) in [6.07, 6.45) is 3.48. The number of nitrogens with one attached hydrogen (secondary N) is 1. The van der Waals surface area contributed by atoms with E-state index in [-0.39, 0.29) is 17.4 Å².